The lowest BCUT2D eigenvalue weighted by molar-refractivity contribution is 1.19. The molecule has 0 saturated heterocycles. The minimum absolute atomic E-state index is 1.27. The number of allylic oxidation sites excluding steroid dienone is 2. The lowest BCUT2D eigenvalue weighted by Crippen LogP contribution is -1.83. The number of fused-ring (bicyclic) bond motifs is 1. The highest BCUT2D eigenvalue weighted by atomic mass is 14.9. The molecule has 0 bridgehead atoms. The van der Waals surface area contributed by atoms with Crippen molar-refractivity contribution in [2.24, 2.45) is 0 Å². The fraction of sp³-hybridized carbons (Fsp3) is 0.250. The van der Waals surface area contributed by atoms with Crippen LogP contribution in [0.5, 0.6) is 0 Å². The van der Waals surface area contributed by atoms with E-state index in [-0.39, 0.29) is 0 Å². The Labute approximate surface area is 103 Å². The first kappa shape index (κ1) is 11.7. The van der Waals surface area contributed by atoms with Crippen LogP contribution in [0, 0.1) is 0 Å². The summed E-state index contributed by atoms with van der Waals surface area (Å²) in [6.07, 6.45) is 6.60. The topological polar surface area (TPSA) is 4.93 Å². The van der Waals surface area contributed by atoms with Crippen LogP contribution < -0.4 is 0 Å². The SMILES string of the molecule is CC(C)=Cc1cn(C=C(C)C)c2ccccc12. The van der Waals surface area contributed by atoms with Crippen LogP contribution in [0.15, 0.2) is 41.6 Å². The molecule has 2 aromatic rings. The molecule has 1 heteroatoms. The quantitative estimate of drug-likeness (QED) is 0.681. The maximum Gasteiger partial charge on any atom is 0.0528 e. The molecule has 0 fully saturated rings. The van der Waals surface area contributed by atoms with Crippen LogP contribution in [-0.2, 0) is 0 Å². The molecular formula is C16H19N. The van der Waals surface area contributed by atoms with E-state index in [0.717, 1.165) is 0 Å². The van der Waals surface area contributed by atoms with E-state index in [4.69, 9.17) is 0 Å². The molecule has 0 unspecified atom stereocenters. The van der Waals surface area contributed by atoms with Crippen LogP contribution in [0.1, 0.15) is 33.3 Å². The summed E-state index contributed by atoms with van der Waals surface area (Å²) in [4.78, 5) is 0. The Kier molecular flexibility index (Phi) is 3.19. The molecule has 1 nitrogen and oxygen atoms in total. The number of hydrogen-bond donors (Lipinski definition) is 0. The number of nitrogens with zero attached hydrogens (tertiary/aromatic N) is 1. The smallest absolute Gasteiger partial charge is 0.0528 e. The fourth-order valence-electron chi connectivity index (χ4n) is 2.04. The molecule has 0 N–H and O–H groups in total. The highest BCUT2D eigenvalue weighted by Crippen LogP contribution is 2.24. The van der Waals surface area contributed by atoms with E-state index in [1.54, 1.807) is 0 Å². The van der Waals surface area contributed by atoms with Crippen molar-refractivity contribution in [1.29, 1.82) is 0 Å². The van der Waals surface area contributed by atoms with Crippen molar-refractivity contribution < 1.29 is 0 Å². The van der Waals surface area contributed by atoms with Crippen LogP contribution in [0.25, 0.3) is 23.2 Å². The van der Waals surface area contributed by atoms with Gasteiger partial charge in [0.25, 0.3) is 0 Å². The molecule has 0 amide bonds. The zero-order valence-corrected chi connectivity index (χ0v) is 11.0. The number of para-hydroxylation sites is 1. The summed E-state index contributed by atoms with van der Waals surface area (Å²) in [7, 11) is 0. The number of hydrogen-bond acceptors (Lipinski definition) is 0. The van der Waals surface area contributed by atoms with Gasteiger partial charge in [-0.15, -0.1) is 0 Å². The molecule has 0 radical (unpaired) electrons. The first-order valence-electron chi connectivity index (χ1n) is 5.97. The van der Waals surface area contributed by atoms with Crippen LogP contribution in [0.3, 0.4) is 0 Å². The molecular weight excluding hydrogens is 206 g/mol. The number of benzene rings is 1. The predicted octanol–water partition coefficient (Wildman–Crippen LogP) is 4.95. The molecule has 1 aromatic carbocycles. The van der Waals surface area contributed by atoms with Gasteiger partial charge >= 0.3 is 0 Å². The van der Waals surface area contributed by atoms with Gasteiger partial charge < -0.3 is 4.57 Å². The second-order valence-corrected chi connectivity index (χ2v) is 4.94. The molecule has 1 aromatic heterocycles. The first-order valence-corrected chi connectivity index (χ1v) is 5.97. The maximum atomic E-state index is 2.23. The second-order valence-electron chi connectivity index (χ2n) is 4.94. The molecule has 0 aliphatic heterocycles. The highest BCUT2D eigenvalue weighted by molar-refractivity contribution is 5.91. The first-order chi connectivity index (χ1) is 8.08. The van der Waals surface area contributed by atoms with Gasteiger partial charge in [0.2, 0.25) is 0 Å². The molecule has 0 atom stereocenters. The normalized spacial score (nSPS) is 10.4. The minimum Gasteiger partial charge on any atom is -0.323 e. The van der Waals surface area contributed by atoms with Crippen molar-refractivity contribution in [3.05, 3.63) is 47.2 Å². The zero-order valence-electron chi connectivity index (χ0n) is 11.0. The fourth-order valence-corrected chi connectivity index (χ4v) is 2.04. The van der Waals surface area contributed by atoms with E-state index in [1.807, 2.05) is 0 Å². The third-order valence-electron chi connectivity index (χ3n) is 2.61. The van der Waals surface area contributed by atoms with Crippen LogP contribution in [-0.4, -0.2) is 4.57 Å². The Balaban J connectivity index is 2.71. The van der Waals surface area contributed by atoms with E-state index in [0.29, 0.717) is 0 Å². The van der Waals surface area contributed by atoms with Gasteiger partial charge in [-0.3, -0.25) is 0 Å². The van der Waals surface area contributed by atoms with Gasteiger partial charge in [0.05, 0.1) is 5.52 Å². The van der Waals surface area contributed by atoms with Crippen molar-refractivity contribution in [3.63, 3.8) is 0 Å². The summed E-state index contributed by atoms with van der Waals surface area (Å²) < 4.78 is 2.21. The van der Waals surface area contributed by atoms with Gasteiger partial charge in [0.15, 0.2) is 0 Å². The van der Waals surface area contributed by atoms with Crippen molar-refractivity contribution in [1.82, 2.24) is 4.57 Å². The molecule has 1 heterocycles. The Hall–Kier alpha value is -1.76. The Morgan fingerprint density at radius 1 is 1.00 bits per heavy atom. The summed E-state index contributed by atoms with van der Waals surface area (Å²) in [6, 6.07) is 8.53. The van der Waals surface area contributed by atoms with Gasteiger partial charge in [0, 0.05) is 23.3 Å². The highest BCUT2D eigenvalue weighted by Gasteiger charge is 2.04. The molecule has 88 valence electrons. The Morgan fingerprint density at radius 3 is 2.35 bits per heavy atom. The van der Waals surface area contributed by atoms with Crippen LogP contribution >= 0.6 is 0 Å². The summed E-state index contributed by atoms with van der Waals surface area (Å²) in [6.45, 7) is 8.50. The van der Waals surface area contributed by atoms with Crippen molar-refractivity contribution in [3.8, 4) is 0 Å². The van der Waals surface area contributed by atoms with Gasteiger partial charge in [-0.25, -0.2) is 0 Å². The molecule has 2 rings (SSSR count). The molecule has 0 aliphatic carbocycles. The summed E-state index contributed by atoms with van der Waals surface area (Å²) in [5, 5.41) is 1.31. The maximum absolute atomic E-state index is 2.23. The summed E-state index contributed by atoms with van der Waals surface area (Å²) >= 11 is 0. The third-order valence-corrected chi connectivity index (χ3v) is 2.61. The lowest BCUT2D eigenvalue weighted by atomic mass is 10.1. The van der Waals surface area contributed by atoms with Gasteiger partial charge in [0.1, 0.15) is 0 Å². The van der Waals surface area contributed by atoms with E-state index in [9.17, 15) is 0 Å². The summed E-state index contributed by atoms with van der Waals surface area (Å²) in [5.41, 5.74) is 5.18. The zero-order chi connectivity index (χ0) is 12.4. The van der Waals surface area contributed by atoms with E-state index < -0.39 is 0 Å². The van der Waals surface area contributed by atoms with Crippen molar-refractivity contribution >= 4 is 23.2 Å². The minimum atomic E-state index is 1.27. The average Bonchev–Trinajstić information content (AvgIpc) is 2.56. The number of rotatable bonds is 2. The van der Waals surface area contributed by atoms with Crippen LogP contribution in [0.4, 0.5) is 0 Å². The molecule has 0 spiro atoms. The standard InChI is InChI=1S/C16H19N/c1-12(2)9-14-11-17(10-13(3)4)16-8-6-5-7-15(14)16/h5-11H,1-4H3. The monoisotopic (exact) mass is 225 g/mol. The van der Waals surface area contributed by atoms with Crippen molar-refractivity contribution in [2.45, 2.75) is 27.7 Å². The van der Waals surface area contributed by atoms with Crippen molar-refractivity contribution in [2.75, 3.05) is 0 Å². The average molecular weight is 225 g/mol. The molecule has 0 saturated carbocycles. The van der Waals surface area contributed by atoms with E-state index in [2.05, 4.69) is 75.0 Å². The Bertz CT molecular complexity index is 537. The Morgan fingerprint density at radius 2 is 1.71 bits per heavy atom. The lowest BCUT2D eigenvalue weighted by Gasteiger charge is -1.98. The molecule has 17 heavy (non-hydrogen) atoms. The van der Waals surface area contributed by atoms with Crippen LogP contribution in [0.2, 0.25) is 0 Å². The third kappa shape index (κ3) is 2.50. The largest absolute Gasteiger partial charge is 0.323 e. The second kappa shape index (κ2) is 4.62. The van der Waals surface area contributed by atoms with E-state index in [1.165, 1.54) is 27.6 Å². The number of aromatic nitrogens is 1. The predicted molar refractivity (Wildman–Crippen MR) is 76.9 cm³/mol. The van der Waals surface area contributed by atoms with Gasteiger partial charge in [-0.05, 0) is 33.8 Å². The molecule has 0 aliphatic rings. The van der Waals surface area contributed by atoms with E-state index >= 15 is 0 Å². The van der Waals surface area contributed by atoms with Gasteiger partial charge in [-0.2, -0.15) is 0 Å². The summed E-state index contributed by atoms with van der Waals surface area (Å²) in [5.74, 6) is 0. The van der Waals surface area contributed by atoms with Gasteiger partial charge in [-0.1, -0.05) is 35.4 Å².